The number of amides is 1. The third kappa shape index (κ3) is 8.55. The molecule has 0 fully saturated rings. The molecule has 2 aliphatic rings. The first-order valence-electron chi connectivity index (χ1n) is 20.0. The van der Waals surface area contributed by atoms with Crippen LogP contribution >= 0.6 is 35.0 Å². The summed E-state index contributed by atoms with van der Waals surface area (Å²) in [6.07, 6.45) is 0.761. The van der Waals surface area contributed by atoms with Crippen molar-refractivity contribution in [3.05, 3.63) is 141 Å². The van der Waals surface area contributed by atoms with Gasteiger partial charge in [0.05, 0.1) is 12.6 Å². The Morgan fingerprint density at radius 2 is 1.39 bits per heavy atom. The monoisotopic (exact) mass is 840 g/mol. The highest BCUT2D eigenvalue weighted by atomic mass is 35.5. The first-order chi connectivity index (χ1) is 27.0. The van der Waals surface area contributed by atoms with Crippen molar-refractivity contribution in [2.45, 2.75) is 90.5 Å². The van der Waals surface area contributed by atoms with E-state index in [2.05, 4.69) is 164 Å². The van der Waals surface area contributed by atoms with Crippen LogP contribution < -0.4 is 10.4 Å². The van der Waals surface area contributed by atoms with E-state index in [4.69, 9.17) is 32.6 Å². The van der Waals surface area contributed by atoms with Crippen LogP contribution in [0, 0.1) is 5.92 Å². The molecule has 4 aromatic rings. The van der Waals surface area contributed by atoms with Crippen molar-refractivity contribution in [1.29, 1.82) is 0 Å². The molecule has 0 aromatic heterocycles. The van der Waals surface area contributed by atoms with Crippen molar-refractivity contribution in [3.8, 4) is 0 Å². The van der Waals surface area contributed by atoms with Crippen molar-refractivity contribution < 1.29 is 9.22 Å². The molecule has 2 unspecified atom stereocenters. The summed E-state index contributed by atoms with van der Waals surface area (Å²) in [6, 6.07) is 37.5. The van der Waals surface area contributed by atoms with E-state index >= 15 is 0 Å². The number of nitrogens with zero attached hydrogens (tertiary/aromatic N) is 4. The highest BCUT2D eigenvalue weighted by molar-refractivity contribution is 8.18. The van der Waals surface area contributed by atoms with Crippen LogP contribution in [0.3, 0.4) is 0 Å². The Kier molecular flexibility index (Phi) is 13.2. The Labute approximate surface area is 356 Å². The first kappa shape index (κ1) is 43.2. The van der Waals surface area contributed by atoms with Crippen LogP contribution in [0.1, 0.15) is 79.0 Å². The quantitative estimate of drug-likeness (QED) is 0.118. The van der Waals surface area contributed by atoms with Gasteiger partial charge in [0.15, 0.2) is 5.17 Å². The van der Waals surface area contributed by atoms with Gasteiger partial charge in [0.25, 0.3) is 14.2 Å². The van der Waals surface area contributed by atoms with Gasteiger partial charge in [0.2, 0.25) is 0 Å². The number of hydrogen-bond donors (Lipinski definition) is 0. The number of amidine groups is 1. The number of halogens is 2. The van der Waals surface area contributed by atoms with Gasteiger partial charge < -0.3 is 19.1 Å². The number of aliphatic imine (C=N–C) groups is 1. The molecule has 0 saturated heterocycles. The number of thioether (sulfide) groups is 1. The van der Waals surface area contributed by atoms with Crippen LogP contribution in [0.5, 0.6) is 0 Å². The molecule has 302 valence electrons. The van der Waals surface area contributed by atoms with E-state index in [0.717, 1.165) is 33.3 Å². The smallest absolute Gasteiger partial charge is 0.262 e. The van der Waals surface area contributed by atoms with Gasteiger partial charge in [0, 0.05) is 34.4 Å². The van der Waals surface area contributed by atoms with Crippen LogP contribution in [-0.4, -0.2) is 73.4 Å². The molecule has 0 saturated carbocycles. The van der Waals surface area contributed by atoms with Gasteiger partial charge in [-0.3, -0.25) is 4.79 Å². The van der Waals surface area contributed by atoms with Gasteiger partial charge in [-0.05, 0) is 110 Å². The highest BCUT2D eigenvalue weighted by Crippen LogP contribution is 2.56. The maximum absolute atomic E-state index is 15.0. The standard InChI is InChI=1S/C47H58Cl2N4O2SSi/c1-32(2)41-42(56-45-50-47(8,35-23-27-37(49)28-24-35)43(53(41)45)34-21-25-36(48)26-22-34)44(54)52(33(3)4)30-29-38(51(9)10)31-55-57(46(5,6)7,39-17-13-11-14-18-39)40-19-15-12-16-20-40/h11-28,32-33,38,43H,29-31H2,1-10H3/t38-,43?,47?/m0/s1. The zero-order valence-electron chi connectivity index (χ0n) is 35.1. The lowest BCUT2D eigenvalue weighted by molar-refractivity contribution is -0.128. The number of carbonyl (C=O) groups excluding carboxylic acids is 1. The molecule has 1 amide bonds. The van der Waals surface area contributed by atoms with Gasteiger partial charge in [-0.1, -0.05) is 143 Å². The highest BCUT2D eigenvalue weighted by Gasteiger charge is 2.54. The van der Waals surface area contributed by atoms with E-state index in [0.29, 0.717) is 23.2 Å². The van der Waals surface area contributed by atoms with Crippen LogP contribution in [0.15, 0.2) is 125 Å². The maximum Gasteiger partial charge on any atom is 0.262 e. The Morgan fingerprint density at radius 3 is 1.86 bits per heavy atom. The minimum absolute atomic E-state index is 0.0109. The summed E-state index contributed by atoms with van der Waals surface area (Å²) in [7, 11) is 1.50. The summed E-state index contributed by atoms with van der Waals surface area (Å²) in [5.74, 6) is 0.110. The van der Waals surface area contributed by atoms with Crippen LogP contribution in [0.2, 0.25) is 15.1 Å². The molecule has 2 heterocycles. The minimum atomic E-state index is -2.74. The molecule has 2 aliphatic heterocycles. The van der Waals surface area contributed by atoms with Crippen molar-refractivity contribution in [1.82, 2.24) is 14.7 Å². The molecule has 0 bridgehead atoms. The fourth-order valence-corrected chi connectivity index (χ4v) is 14.8. The van der Waals surface area contributed by atoms with Crippen LogP contribution in [-0.2, 0) is 14.8 Å². The molecule has 10 heteroatoms. The SMILES string of the molecule is CC(C)C1=C(C(=O)N(CC[C@@H](CO[Si](c2ccccc2)(c2ccccc2)C(C)(C)C)N(C)C)C(C)C)SC2=NC(C)(c3ccc(Cl)cc3)C(c3ccc(Cl)cc3)N21. The zero-order chi connectivity index (χ0) is 41.3. The molecule has 3 atom stereocenters. The third-order valence-corrected chi connectivity index (χ3v) is 18.2. The van der Waals surface area contributed by atoms with Gasteiger partial charge in [-0.2, -0.15) is 0 Å². The molecule has 6 rings (SSSR count). The lowest BCUT2D eigenvalue weighted by Gasteiger charge is -2.44. The number of allylic oxidation sites excluding steroid dienone is 1. The van der Waals surface area contributed by atoms with Gasteiger partial charge in [-0.15, -0.1) is 0 Å². The van der Waals surface area contributed by atoms with E-state index in [1.165, 1.54) is 22.1 Å². The van der Waals surface area contributed by atoms with Gasteiger partial charge >= 0.3 is 0 Å². The number of carbonyl (C=O) groups is 1. The normalized spacial score (nSPS) is 19.1. The predicted molar refractivity (Wildman–Crippen MR) is 244 cm³/mol. The molecular formula is C47H58Cl2N4O2SSi. The molecule has 4 aromatic carbocycles. The molecule has 57 heavy (non-hydrogen) atoms. The topological polar surface area (TPSA) is 48.4 Å². The summed E-state index contributed by atoms with van der Waals surface area (Å²) in [4.78, 5) is 27.8. The molecule has 6 nitrogen and oxygen atoms in total. The van der Waals surface area contributed by atoms with E-state index in [1.54, 1.807) is 0 Å². The summed E-state index contributed by atoms with van der Waals surface area (Å²) in [5.41, 5.74) is 2.52. The number of fused-ring (bicyclic) bond motifs is 1. The fourth-order valence-electron chi connectivity index (χ4n) is 8.55. The van der Waals surface area contributed by atoms with Crippen LogP contribution in [0.4, 0.5) is 0 Å². The van der Waals surface area contributed by atoms with Crippen molar-refractivity contribution in [2.75, 3.05) is 27.2 Å². The second-order valence-corrected chi connectivity index (χ2v) is 23.5. The van der Waals surface area contributed by atoms with E-state index in [-0.39, 0.29) is 35.0 Å². The molecule has 0 aliphatic carbocycles. The first-order valence-corrected chi connectivity index (χ1v) is 23.5. The van der Waals surface area contributed by atoms with Crippen molar-refractivity contribution in [3.63, 3.8) is 0 Å². The van der Waals surface area contributed by atoms with Gasteiger partial charge in [-0.25, -0.2) is 4.99 Å². The summed E-state index contributed by atoms with van der Waals surface area (Å²) < 4.78 is 7.41. The van der Waals surface area contributed by atoms with E-state index in [9.17, 15) is 4.79 Å². The fraction of sp³-hybridized carbons (Fsp3) is 0.404. The number of benzene rings is 4. The van der Waals surface area contributed by atoms with Crippen molar-refractivity contribution >= 4 is 64.7 Å². The second kappa shape index (κ2) is 17.5. The minimum Gasteiger partial charge on any atom is -0.406 e. The summed E-state index contributed by atoms with van der Waals surface area (Å²) >= 11 is 14.3. The van der Waals surface area contributed by atoms with Crippen LogP contribution in [0.25, 0.3) is 0 Å². The third-order valence-electron chi connectivity index (χ3n) is 11.6. The number of rotatable bonds is 14. The lowest BCUT2D eigenvalue weighted by Crippen LogP contribution is -2.67. The largest absolute Gasteiger partial charge is 0.406 e. The Balaban J connectivity index is 1.30. The average molecular weight is 842 g/mol. The second-order valence-electron chi connectivity index (χ2n) is 17.3. The summed E-state index contributed by atoms with van der Waals surface area (Å²) in [5, 5.41) is 4.60. The predicted octanol–water partition coefficient (Wildman–Crippen LogP) is 10.4. The van der Waals surface area contributed by atoms with E-state index < -0.39 is 13.9 Å². The van der Waals surface area contributed by atoms with E-state index in [1.807, 2.05) is 29.2 Å². The van der Waals surface area contributed by atoms with Gasteiger partial charge in [0.1, 0.15) is 10.4 Å². The Morgan fingerprint density at radius 1 is 0.860 bits per heavy atom. The number of likely N-dealkylation sites (N-methyl/N-ethyl adjacent to an activating group) is 1. The zero-order valence-corrected chi connectivity index (χ0v) is 38.4. The molecule has 0 spiro atoms. The van der Waals surface area contributed by atoms with Crippen molar-refractivity contribution in [2.24, 2.45) is 10.9 Å². The summed E-state index contributed by atoms with van der Waals surface area (Å²) in [6.45, 7) is 18.8. The Bertz CT molecular complexity index is 2030. The molecule has 0 radical (unpaired) electrons. The average Bonchev–Trinajstić information content (AvgIpc) is 3.67. The Hall–Kier alpha value is -3.37. The maximum atomic E-state index is 15.0. The molecule has 0 N–H and O–H groups in total. The molecular weight excluding hydrogens is 784 g/mol. The lowest BCUT2D eigenvalue weighted by atomic mass is 9.81. The number of hydrogen-bond acceptors (Lipinski definition) is 6.